The molecule has 32 atom stereocenters. The van der Waals surface area contributed by atoms with Gasteiger partial charge >= 0.3 is 0 Å². The van der Waals surface area contributed by atoms with Crippen LogP contribution in [0.25, 0.3) is 0 Å². The highest BCUT2D eigenvalue weighted by Gasteiger charge is 2.73. The van der Waals surface area contributed by atoms with E-state index in [0.29, 0.717) is 18.9 Å². The molecule has 10 rings (SSSR count). The van der Waals surface area contributed by atoms with Crippen molar-refractivity contribution in [1.82, 2.24) is 0 Å². The summed E-state index contributed by atoms with van der Waals surface area (Å²) in [5.41, 5.74) is -2.77. The average molecular weight is 1050 g/mol. The normalized spacial score (nSPS) is 59.3. The molecule has 13 unspecified atom stereocenters. The SMILES string of the molecule is C[C@@H]1CC[C@@]2(OC1)O[C@H]1CC3[C@@H]4C[C@@H](O)[C@@]5(O)C[C@@H](O[C@H]6OC(CO)[C@H](O[C@@H]7OC[C@@H](O)C(O[C@@H]8OC[C@@H](O)C(O)C8O)C7O[C@@H]7OC(CO)[C@H](O)C(O)C7O)C(O)C6O)[C@H](O)C[C@]5(C)C4CC[C@]3(C)C1[C@@H]2C. The van der Waals surface area contributed by atoms with E-state index in [9.17, 15) is 71.5 Å². The Morgan fingerprint density at radius 3 is 1.89 bits per heavy atom. The van der Waals surface area contributed by atoms with Gasteiger partial charge in [-0.25, -0.2) is 0 Å². The van der Waals surface area contributed by atoms with Crippen molar-refractivity contribution in [3.8, 4) is 0 Å². The van der Waals surface area contributed by atoms with Crippen molar-refractivity contribution in [3.63, 3.8) is 0 Å². The minimum atomic E-state index is -2.00. The molecule has 73 heavy (non-hydrogen) atoms. The number of ether oxygens (including phenoxy) is 10. The van der Waals surface area contributed by atoms with Crippen molar-refractivity contribution in [2.45, 2.75) is 225 Å². The van der Waals surface area contributed by atoms with Gasteiger partial charge < -0.3 is 119 Å². The van der Waals surface area contributed by atoms with Crippen molar-refractivity contribution >= 4 is 0 Å². The fourth-order valence-corrected chi connectivity index (χ4v) is 15.7. The fourth-order valence-electron chi connectivity index (χ4n) is 15.7. The number of aliphatic hydroxyl groups excluding tert-OH is 13. The molecule has 10 aliphatic rings. The van der Waals surface area contributed by atoms with E-state index in [1.807, 2.05) is 6.92 Å². The summed E-state index contributed by atoms with van der Waals surface area (Å²) >= 11 is 0. The van der Waals surface area contributed by atoms with E-state index in [-0.39, 0.29) is 54.0 Å². The molecule has 6 heterocycles. The molecule has 4 aliphatic carbocycles. The van der Waals surface area contributed by atoms with Gasteiger partial charge in [0.15, 0.2) is 30.9 Å². The monoisotopic (exact) mass is 1050 g/mol. The summed E-state index contributed by atoms with van der Waals surface area (Å²) in [5, 5.41) is 155. The van der Waals surface area contributed by atoms with Crippen LogP contribution in [-0.4, -0.2) is 251 Å². The van der Waals surface area contributed by atoms with Crippen LogP contribution in [0.2, 0.25) is 0 Å². The molecule has 0 amide bonds. The molecule has 6 saturated heterocycles. The maximum Gasteiger partial charge on any atom is 0.187 e. The summed E-state index contributed by atoms with van der Waals surface area (Å²) < 4.78 is 60.4. The summed E-state index contributed by atoms with van der Waals surface area (Å²) in [6.45, 7) is 6.62. The Hall–Kier alpha value is -0.960. The molecule has 6 aliphatic heterocycles. The molecule has 10 fully saturated rings. The minimum Gasteiger partial charge on any atom is -0.394 e. The van der Waals surface area contributed by atoms with Gasteiger partial charge in [0.25, 0.3) is 0 Å². The molecule has 0 radical (unpaired) electrons. The summed E-state index contributed by atoms with van der Waals surface area (Å²) in [6.07, 6.45) is -30.9. The van der Waals surface area contributed by atoms with Crippen LogP contribution < -0.4 is 0 Å². The third-order valence-corrected chi connectivity index (χ3v) is 19.8. The standard InChI is InChI=1S/C49H80O24/c1-18-5-8-49(66-15-18)19(2)31-26(73-49)10-22-20-9-30(55)48(63)12-27(23(52)11-47(48,4)21(20)6-7-46(22,31)3)67-43-38(62)35(59)40(29(14-51)69-43)71-45-41(72-44-37(61)34(58)33(57)28(13-50)68-44)39(25(54)17-65-45)70-42-36(60)32(56)24(53)16-64-42/h18-45,50-63H,5-17H2,1-4H3/t18-,19+,20-,21?,22?,23-,24-,25-,26+,27-,28?,29?,30-,31?,32?,33+,34?,35?,36?,37?,38?,39?,40+,41?,42+,43+,44+,45+,46+,47-,48+,49-/m1/s1. The Balaban J connectivity index is 0.830. The van der Waals surface area contributed by atoms with E-state index in [1.54, 1.807) is 0 Å². The van der Waals surface area contributed by atoms with E-state index in [1.165, 1.54) is 0 Å². The summed E-state index contributed by atoms with van der Waals surface area (Å²) in [5.74, 6) is 0.581. The fraction of sp³-hybridized carbons (Fsp3) is 1.00. The maximum atomic E-state index is 12.8. The second-order valence-electron chi connectivity index (χ2n) is 23.9. The van der Waals surface area contributed by atoms with Crippen molar-refractivity contribution in [2.75, 3.05) is 33.0 Å². The molecule has 0 aromatic heterocycles. The first-order chi connectivity index (χ1) is 34.5. The molecule has 14 N–H and O–H groups in total. The lowest BCUT2D eigenvalue weighted by Gasteiger charge is -2.66. The number of hydrogen-bond donors (Lipinski definition) is 14. The maximum absolute atomic E-state index is 12.8. The van der Waals surface area contributed by atoms with Gasteiger partial charge in [0, 0.05) is 24.2 Å². The predicted molar refractivity (Wildman–Crippen MR) is 240 cm³/mol. The molecule has 1 spiro atoms. The molecular formula is C49H80O24. The number of rotatable bonds is 10. The van der Waals surface area contributed by atoms with Gasteiger partial charge in [-0.3, -0.25) is 0 Å². The molecule has 0 aromatic rings. The van der Waals surface area contributed by atoms with Crippen LogP contribution in [0, 0.1) is 46.3 Å². The lowest BCUT2D eigenvalue weighted by molar-refractivity contribution is -0.395. The van der Waals surface area contributed by atoms with Crippen molar-refractivity contribution in [1.29, 1.82) is 0 Å². The summed E-state index contributed by atoms with van der Waals surface area (Å²) in [6, 6.07) is 0. The summed E-state index contributed by atoms with van der Waals surface area (Å²) in [7, 11) is 0. The van der Waals surface area contributed by atoms with Gasteiger partial charge in [0.2, 0.25) is 0 Å². The Morgan fingerprint density at radius 1 is 0.562 bits per heavy atom. The van der Waals surface area contributed by atoms with Crippen molar-refractivity contribution in [3.05, 3.63) is 0 Å². The smallest absolute Gasteiger partial charge is 0.187 e. The van der Waals surface area contributed by atoms with Gasteiger partial charge in [0.05, 0.1) is 63.1 Å². The first kappa shape index (κ1) is 55.4. The van der Waals surface area contributed by atoms with Crippen molar-refractivity contribution < 1.29 is 119 Å². The molecule has 420 valence electrons. The number of hydrogen-bond acceptors (Lipinski definition) is 24. The topological polar surface area (TPSA) is 376 Å². The number of aliphatic hydroxyl groups is 14. The van der Waals surface area contributed by atoms with E-state index >= 15 is 0 Å². The van der Waals surface area contributed by atoms with Gasteiger partial charge in [-0.2, -0.15) is 0 Å². The van der Waals surface area contributed by atoms with Crippen LogP contribution in [0.1, 0.15) is 79.1 Å². The molecule has 24 nitrogen and oxygen atoms in total. The first-order valence-electron chi connectivity index (χ1n) is 26.4. The molecule has 24 heteroatoms. The van der Waals surface area contributed by atoms with Gasteiger partial charge in [-0.05, 0) is 73.5 Å². The summed E-state index contributed by atoms with van der Waals surface area (Å²) in [4.78, 5) is 0. The van der Waals surface area contributed by atoms with Gasteiger partial charge in [-0.15, -0.1) is 0 Å². The highest BCUT2D eigenvalue weighted by molar-refractivity contribution is 5.21. The highest BCUT2D eigenvalue weighted by Crippen LogP contribution is 2.72. The van der Waals surface area contributed by atoms with Gasteiger partial charge in [0.1, 0.15) is 85.5 Å². The van der Waals surface area contributed by atoms with Crippen molar-refractivity contribution in [2.24, 2.45) is 46.3 Å². The van der Waals surface area contributed by atoms with Crippen LogP contribution in [0.5, 0.6) is 0 Å². The van der Waals surface area contributed by atoms with E-state index in [0.717, 1.165) is 32.1 Å². The Kier molecular flexibility index (Phi) is 15.6. The molecular weight excluding hydrogens is 973 g/mol. The van der Waals surface area contributed by atoms with Crippen LogP contribution >= 0.6 is 0 Å². The minimum absolute atomic E-state index is 0.0201. The highest BCUT2D eigenvalue weighted by atomic mass is 16.8. The Bertz CT molecular complexity index is 1900. The van der Waals surface area contributed by atoms with Crippen LogP contribution in [0.15, 0.2) is 0 Å². The van der Waals surface area contributed by atoms with Crippen LogP contribution in [-0.2, 0) is 47.4 Å². The molecule has 4 saturated carbocycles. The second-order valence-corrected chi connectivity index (χ2v) is 23.9. The zero-order valence-corrected chi connectivity index (χ0v) is 41.7. The van der Waals surface area contributed by atoms with Crippen LogP contribution in [0.3, 0.4) is 0 Å². The Labute approximate surface area is 422 Å². The van der Waals surface area contributed by atoms with Crippen LogP contribution in [0.4, 0.5) is 0 Å². The van der Waals surface area contributed by atoms with E-state index in [4.69, 9.17) is 47.4 Å². The lowest BCUT2D eigenvalue weighted by Crippen LogP contribution is -2.71. The third-order valence-electron chi connectivity index (χ3n) is 19.8. The lowest BCUT2D eigenvalue weighted by atomic mass is 9.42. The van der Waals surface area contributed by atoms with E-state index in [2.05, 4.69) is 20.8 Å². The predicted octanol–water partition coefficient (Wildman–Crippen LogP) is -4.57. The zero-order chi connectivity index (χ0) is 52.4. The van der Waals surface area contributed by atoms with E-state index < -0.39 is 172 Å². The zero-order valence-electron chi connectivity index (χ0n) is 41.7. The molecule has 0 bridgehead atoms. The van der Waals surface area contributed by atoms with Gasteiger partial charge in [-0.1, -0.05) is 27.7 Å². The Morgan fingerprint density at radius 2 is 1.19 bits per heavy atom. The largest absolute Gasteiger partial charge is 0.394 e. The average Bonchev–Trinajstić information content (AvgIpc) is 3.81. The molecule has 0 aromatic carbocycles. The third kappa shape index (κ3) is 9.09. The second kappa shape index (κ2) is 20.6. The number of fused-ring (bicyclic) bond motifs is 7. The first-order valence-corrected chi connectivity index (χ1v) is 26.4. The quantitative estimate of drug-likeness (QED) is 0.0916.